The number of nitrogens with two attached hydrogens (primary N) is 1. The fourth-order valence-electron chi connectivity index (χ4n) is 1.55. The van der Waals surface area contributed by atoms with E-state index < -0.39 is 0 Å². The zero-order chi connectivity index (χ0) is 10.7. The lowest BCUT2D eigenvalue weighted by atomic mass is 10.1. The van der Waals surface area contributed by atoms with Gasteiger partial charge in [-0.15, -0.1) is 11.3 Å². The highest BCUT2D eigenvalue weighted by Crippen LogP contribution is 2.22. The molecule has 0 saturated heterocycles. The average Bonchev–Trinajstić information content (AvgIpc) is 2.66. The Labute approximate surface area is 93.8 Å². The third-order valence-corrected chi connectivity index (χ3v) is 3.05. The van der Waals surface area contributed by atoms with E-state index in [9.17, 15) is 0 Å². The van der Waals surface area contributed by atoms with Gasteiger partial charge < -0.3 is 5.73 Å². The maximum atomic E-state index is 5.54. The molecule has 0 bridgehead atoms. The van der Waals surface area contributed by atoms with Gasteiger partial charge in [0.25, 0.3) is 0 Å². The second kappa shape index (κ2) is 4.55. The minimum absolute atomic E-state index is 0.694. The van der Waals surface area contributed by atoms with Crippen LogP contribution in [-0.4, -0.2) is 11.5 Å². The van der Waals surface area contributed by atoms with Crippen molar-refractivity contribution in [3.63, 3.8) is 0 Å². The molecule has 2 nitrogen and oxygen atoms in total. The summed E-state index contributed by atoms with van der Waals surface area (Å²) >= 11 is 1.68. The minimum atomic E-state index is 0.694. The van der Waals surface area contributed by atoms with Crippen molar-refractivity contribution in [2.75, 3.05) is 6.54 Å². The number of thiazole rings is 1. The van der Waals surface area contributed by atoms with Crippen molar-refractivity contribution in [1.29, 1.82) is 0 Å². The molecule has 15 heavy (non-hydrogen) atoms. The zero-order valence-electron chi connectivity index (χ0n) is 8.73. The number of rotatable bonds is 3. The molecule has 0 saturated carbocycles. The summed E-state index contributed by atoms with van der Waals surface area (Å²) in [6.45, 7) is 2.72. The lowest BCUT2D eigenvalue weighted by Crippen LogP contribution is -2.02. The monoisotopic (exact) mass is 218 g/mol. The fourth-order valence-corrected chi connectivity index (χ4v) is 2.17. The number of benzene rings is 1. The topological polar surface area (TPSA) is 38.9 Å². The van der Waals surface area contributed by atoms with Crippen molar-refractivity contribution in [3.05, 3.63) is 40.2 Å². The molecule has 0 amide bonds. The molecular weight excluding hydrogens is 204 g/mol. The van der Waals surface area contributed by atoms with E-state index in [0.717, 1.165) is 17.1 Å². The molecule has 3 heteroatoms. The quantitative estimate of drug-likeness (QED) is 0.860. The van der Waals surface area contributed by atoms with Gasteiger partial charge in [0.1, 0.15) is 0 Å². The highest BCUT2D eigenvalue weighted by atomic mass is 32.1. The molecule has 2 aromatic rings. The fraction of sp³-hybridized carbons (Fsp3) is 0.250. The predicted molar refractivity (Wildman–Crippen MR) is 65.0 cm³/mol. The highest BCUT2D eigenvalue weighted by molar-refractivity contribution is 7.09. The highest BCUT2D eigenvalue weighted by Gasteiger charge is 2.02. The van der Waals surface area contributed by atoms with Crippen LogP contribution in [0.5, 0.6) is 0 Å². The number of hydrogen-bond acceptors (Lipinski definition) is 3. The van der Waals surface area contributed by atoms with Gasteiger partial charge in [-0.3, -0.25) is 0 Å². The van der Waals surface area contributed by atoms with E-state index in [1.807, 2.05) is 6.92 Å². The summed E-state index contributed by atoms with van der Waals surface area (Å²) in [6, 6.07) is 8.43. The third-order valence-electron chi connectivity index (χ3n) is 2.27. The second-order valence-electron chi connectivity index (χ2n) is 3.49. The first-order valence-electron chi connectivity index (χ1n) is 5.01. The van der Waals surface area contributed by atoms with Crippen molar-refractivity contribution in [3.8, 4) is 11.3 Å². The van der Waals surface area contributed by atoms with E-state index in [1.54, 1.807) is 11.3 Å². The maximum Gasteiger partial charge on any atom is 0.0901 e. The first kappa shape index (κ1) is 10.3. The number of nitrogens with zero attached hydrogens (tertiary/aromatic N) is 1. The van der Waals surface area contributed by atoms with Crippen molar-refractivity contribution in [2.45, 2.75) is 13.3 Å². The van der Waals surface area contributed by atoms with Crippen molar-refractivity contribution >= 4 is 11.3 Å². The van der Waals surface area contributed by atoms with Crippen molar-refractivity contribution < 1.29 is 0 Å². The van der Waals surface area contributed by atoms with E-state index in [-0.39, 0.29) is 0 Å². The standard InChI is InChI=1S/C12H14N2S/c1-9-14-12(8-15-9)11-4-2-3-10(7-11)5-6-13/h2-4,7-8H,5-6,13H2,1H3. The van der Waals surface area contributed by atoms with Gasteiger partial charge in [0.2, 0.25) is 0 Å². The SMILES string of the molecule is Cc1nc(-c2cccc(CCN)c2)cs1. The molecule has 1 aromatic carbocycles. The van der Waals surface area contributed by atoms with Crippen LogP contribution in [0.25, 0.3) is 11.3 Å². The van der Waals surface area contributed by atoms with E-state index in [0.29, 0.717) is 6.54 Å². The molecule has 2 N–H and O–H groups in total. The van der Waals surface area contributed by atoms with Gasteiger partial charge in [0.05, 0.1) is 10.7 Å². The van der Waals surface area contributed by atoms with Gasteiger partial charge in [-0.25, -0.2) is 4.98 Å². The number of aromatic nitrogens is 1. The van der Waals surface area contributed by atoms with Crippen LogP contribution in [0.15, 0.2) is 29.6 Å². The Morgan fingerprint density at radius 1 is 1.40 bits per heavy atom. The van der Waals surface area contributed by atoms with E-state index in [1.165, 1.54) is 11.1 Å². The average molecular weight is 218 g/mol. The second-order valence-corrected chi connectivity index (χ2v) is 4.55. The molecule has 1 aromatic heterocycles. The summed E-state index contributed by atoms with van der Waals surface area (Å²) in [4.78, 5) is 4.47. The lowest BCUT2D eigenvalue weighted by Gasteiger charge is -2.01. The van der Waals surface area contributed by atoms with Gasteiger partial charge in [-0.2, -0.15) is 0 Å². The molecule has 2 rings (SSSR count). The van der Waals surface area contributed by atoms with Crippen LogP contribution < -0.4 is 5.73 Å². The van der Waals surface area contributed by atoms with Gasteiger partial charge in [-0.05, 0) is 31.5 Å². The summed E-state index contributed by atoms with van der Waals surface area (Å²) in [5, 5.41) is 3.20. The molecular formula is C12H14N2S. The molecule has 78 valence electrons. The molecule has 0 spiro atoms. The largest absolute Gasteiger partial charge is 0.330 e. The van der Waals surface area contributed by atoms with Crippen LogP contribution in [-0.2, 0) is 6.42 Å². The van der Waals surface area contributed by atoms with Crippen LogP contribution in [0.3, 0.4) is 0 Å². The van der Waals surface area contributed by atoms with E-state index in [2.05, 4.69) is 34.6 Å². The van der Waals surface area contributed by atoms with E-state index in [4.69, 9.17) is 5.73 Å². The van der Waals surface area contributed by atoms with Gasteiger partial charge in [0.15, 0.2) is 0 Å². The lowest BCUT2D eigenvalue weighted by molar-refractivity contribution is 0.969. The maximum absolute atomic E-state index is 5.54. The zero-order valence-corrected chi connectivity index (χ0v) is 9.55. The Balaban J connectivity index is 2.32. The first-order valence-corrected chi connectivity index (χ1v) is 5.89. The molecule has 0 aliphatic carbocycles. The molecule has 0 aliphatic rings. The number of hydrogen-bond donors (Lipinski definition) is 1. The summed E-state index contributed by atoms with van der Waals surface area (Å²) in [5.74, 6) is 0. The van der Waals surface area contributed by atoms with Crippen molar-refractivity contribution in [1.82, 2.24) is 4.98 Å². The molecule has 0 fully saturated rings. The van der Waals surface area contributed by atoms with Gasteiger partial charge in [0, 0.05) is 10.9 Å². The Kier molecular flexibility index (Phi) is 3.14. The molecule has 0 radical (unpaired) electrons. The molecule has 0 unspecified atom stereocenters. The molecule has 0 aliphatic heterocycles. The Morgan fingerprint density at radius 2 is 2.27 bits per heavy atom. The Morgan fingerprint density at radius 3 is 2.93 bits per heavy atom. The minimum Gasteiger partial charge on any atom is -0.330 e. The van der Waals surface area contributed by atoms with Crippen LogP contribution in [0.4, 0.5) is 0 Å². The Bertz CT molecular complexity index is 448. The third kappa shape index (κ3) is 2.43. The smallest absolute Gasteiger partial charge is 0.0901 e. The summed E-state index contributed by atoms with van der Waals surface area (Å²) < 4.78 is 0. The van der Waals surface area contributed by atoms with Crippen molar-refractivity contribution in [2.24, 2.45) is 5.73 Å². The first-order chi connectivity index (χ1) is 7.29. The van der Waals surface area contributed by atoms with Crippen LogP contribution >= 0.6 is 11.3 Å². The summed E-state index contributed by atoms with van der Waals surface area (Å²) in [6.07, 6.45) is 0.928. The summed E-state index contributed by atoms with van der Waals surface area (Å²) in [5.41, 5.74) is 9.07. The Hall–Kier alpha value is -1.19. The van der Waals surface area contributed by atoms with Crippen LogP contribution in [0, 0.1) is 6.92 Å². The predicted octanol–water partition coefficient (Wildman–Crippen LogP) is 2.62. The van der Waals surface area contributed by atoms with Crippen LogP contribution in [0.1, 0.15) is 10.6 Å². The van der Waals surface area contributed by atoms with Crippen LogP contribution in [0.2, 0.25) is 0 Å². The molecule has 0 atom stereocenters. The van der Waals surface area contributed by atoms with Gasteiger partial charge in [-0.1, -0.05) is 18.2 Å². The molecule has 1 heterocycles. The number of aryl methyl sites for hydroxylation is 1. The van der Waals surface area contributed by atoms with E-state index >= 15 is 0 Å². The normalized spacial score (nSPS) is 10.5. The summed E-state index contributed by atoms with van der Waals surface area (Å²) in [7, 11) is 0. The van der Waals surface area contributed by atoms with Gasteiger partial charge >= 0.3 is 0 Å².